The van der Waals surface area contributed by atoms with Crippen molar-refractivity contribution in [2.24, 2.45) is 0 Å². The quantitative estimate of drug-likeness (QED) is 0.609. The van der Waals surface area contributed by atoms with Crippen molar-refractivity contribution in [2.75, 3.05) is 32.8 Å². The Morgan fingerprint density at radius 1 is 1.17 bits per heavy atom. The lowest BCUT2D eigenvalue weighted by atomic mass is 10.2. The van der Waals surface area contributed by atoms with Crippen LogP contribution in [-0.4, -0.2) is 59.5 Å². The molecule has 2 fully saturated rings. The Labute approximate surface area is 141 Å². The highest BCUT2D eigenvalue weighted by Gasteiger charge is 2.28. The van der Waals surface area contributed by atoms with Crippen LogP contribution < -0.4 is 4.74 Å². The Kier molecular flexibility index (Phi) is 5.30. The molecule has 0 bridgehead atoms. The molecule has 1 aliphatic heterocycles. The molecule has 1 saturated heterocycles. The van der Waals surface area contributed by atoms with E-state index in [1.54, 1.807) is 17.0 Å². The maximum Gasteiger partial charge on any atom is 0.310 e. The van der Waals surface area contributed by atoms with E-state index >= 15 is 0 Å². The fourth-order valence-electron chi connectivity index (χ4n) is 3.57. The minimum absolute atomic E-state index is 0.112. The lowest BCUT2D eigenvalue weighted by Gasteiger charge is -2.38. The van der Waals surface area contributed by atoms with E-state index in [1.165, 1.54) is 37.8 Å². The molecule has 1 aromatic carbocycles. The van der Waals surface area contributed by atoms with Crippen molar-refractivity contribution in [1.82, 2.24) is 9.80 Å². The summed E-state index contributed by atoms with van der Waals surface area (Å²) in [6.07, 6.45) is 5.17. The Bertz CT molecular complexity index is 593. The second-order valence-corrected chi connectivity index (χ2v) is 6.37. The van der Waals surface area contributed by atoms with Crippen molar-refractivity contribution in [3.05, 3.63) is 34.4 Å². The molecule has 0 aromatic heterocycles. The molecule has 7 heteroatoms. The zero-order valence-corrected chi connectivity index (χ0v) is 13.7. The number of para-hydroxylation sites is 2. The van der Waals surface area contributed by atoms with E-state index in [1.807, 2.05) is 0 Å². The van der Waals surface area contributed by atoms with E-state index in [2.05, 4.69) is 4.90 Å². The number of ether oxygens (including phenoxy) is 1. The highest BCUT2D eigenvalue weighted by atomic mass is 16.6. The Balaban J connectivity index is 1.49. The van der Waals surface area contributed by atoms with Crippen LogP contribution in [0.3, 0.4) is 0 Å². The number of hydrogen-bond donors (Lipinski definition) is 0. The number of nitro groups is 1. The summed E-state index contributed by atoms with van der Waals surface area (Å²) in [6.45, 7) is 3.06. The molecule has 0 spiro atoms. The number of nitrogens with zero attached hydrogens (tertiary/aromatic N) is 3. The monoisotopic (exact) mass is 333 g/mol. The minimum atomic E-state index is -0.500. The van der Waals surface area contributed by atoms with Gasteiger partial charge in [0.05, 0.1) is 4.92 Å². The molecular weight excluding hydrogens is 310 g/mol. The predicted octanol–water partition coefficient (Wildman–Crippen LogP) is 2.06. The molecule has 2 aliphatic rings. The second kappa shape index (κ2) is 7.61. The largest absolute Gasteiger partial charge is 0.477 e. The molecule has 7 nitrogen and oxygen atoms in total. The standard InChI is InChI=1S/C17H23N3O4/c21-17(13-24-16-8-4-3-7-15(16)20(22)23)19-11-9-18(10-12-19)14-5-1-2-6-14/h3-4,7-8,14H,1-2,5-6,9-13H2. The summed E-state index contributed by atoms with van der Waals surface area (Å²) in [7, 11) is 0. The molecule has 0 atom stereocenters. The van der Waals surface area contributed by atoms with E-state index in [9.17, 15) is 14.9 Å². The average molecular weight is 333 g/mol. The van der Waals surface area contributed by atoms with Crippen LogP contribution in [0.1, 0.15) is 25.7 Å². The Morgan fingerprint density at radius 3 is 2.50 bits per heavy atom. The van der Waals surface area contributed by atoms with Crippen molar-refractivity contribution >= 4 is 11.6 Å². The predicted molar refractivity (Wildman–Crippen MR) is 89.0 cm³/mol. The van der Waals surface area contributed by atoms with Gasteiger partial charge in [-0.25, -0.2) is 0 Å². The van der Waals surface area contributed by atoms with Gasteiger partial charge in [-0.15, -0.1) is 0 Å². The van der Waals surface area contributed by atoms with Gasteiger partial charge in [0.2, 0.25) is 0 Å². The zero-order valence-electron chi connectivity index (χ0n) is 13.7. The summed E-state index contributed by atoms with van der Waals surface area (Å²) in [6, 6.07) is 6.82. The highest BCUT2D eigenvalue weighted by Crippen LogP contribution is 2.26. The Morgan fingerprint density at radius 2 is 1.83 bits per heavy atom. The number of benzene rings is 1. The molecule has 130 valence electrons. The number of carbonyl (C=O) groups is 1. The first-order valence-corrected chi connectivity index (χ1v) is 8.53. The van der Waals surface area contributed by atoms with Gasteiger partial charge in [0.15, 0.2) is 12.4 Å². The van der Waals surface area contributed by atoms with E-state index < -0.39 is 4.92 Å². The first kappa shape index (κ1) is 16.7. The van der Waals surface area contributed by atoms with Crippen LogP contribution in [0.2, 0.25) is 0 Å². The summed E-state index contributed by atoms with van der Waals surface area (Å²) >= 11 is 0. The molecule has 3 rings (SSSR count). The van der Waals surface area contributed by atoms with Crippen LogP contribution in [0.25, 0.3) is 0 Å². The third-order valence-electron chi connectivity index (χ3n) is 4.92. The number of nitro benzene ring substituents is 1. The summed E-state index contributed by atoms with van der Waals surface area (Å²) in [5, 5.41) is 11.0. The average Bonchev–Trinajstić information content (AvgIpc) is 3.14. The van der Waals surface area contributed by atoms with Gasteiger partial charge in [0.1, 0.15) is 0 Å². The highest BCUT2D eigenvalue weighted by molar-refractivity contribution is 5.78. The normalized spacial score (nSPS) is 19.4. The van der Waals surface area contributed by atoms with Crippen LogP contribution in [0.4, 0.5) is 5.69 Å². The fraction of sp³-hybridized carbons (Fsp3) is 0.588. The molecule has 1 amide bonds. The van der Waals surface area contributed by atoms with Gasteiger partial charge < -0.3 is 9.64 Å². The van der Waals surface area contributed by atoms with Gasteiger partial charge in [-0.3, -0.25) is 19.8 Å². The van der Waals surface area contributed by atoms with Crippen LogP contribution in [-0.2, 0) is 4.79 Å². The number of carbonyl (C=O) groups excluding carboxylic acids is 1. The topological polar surface area (TPSA) is 75.9 Å². The van der Waals surface area contributed by atoms with Crippen LogP contribution in [0.15, 0.2) is 24.3 Å². The lowest BCUT2D eigenvalue weighted by molar-refractivity contribution is -0.385. The van der Waals surface area contributed by atoms with Crippen LogP contribution in [0, 0.1) is 10.1 Å². The smallest absolute Gasteiger partial charge is 0.310 e. The van der Waals surface area contributed by atoms with Crippen molar-refractivity contribution in [3.8, 4) is 5.75 Å². The molecule has 1 heterocycles. The maximum absolute atomic E-state index is 12.3. The van der Waals surface area contributed by atoms with Crippen molar-refractivity contribution in [1.29, 1.82) is 0 Å². The number of amides is 1. The molecule has 0 N–H and O–H groups in total. The molecule has 24 heavy (non-hydrogen) atoms. The first-order chi connectivity index (χ1) is 11.6. The Hall–Kier alpha value is -2.15. The van der Waals surface area contributed by atoms with Gasteiger partial charge >= 0.3 is 5.69 Å². The van der Waals surface area contributed by atoms with Gasteiger partial charge in [0, 0.05) is 38.3 Å². The van der Waals surface area contributed by atoms with E-state index in [4.69, 9.17) is 4.74 Å². The number of hydrogen-bond acceptors (Lipinski definition) is 5. The van der Waals surface area contributed by atoms with E-state index in [-0.39, 0.29) is 24.0 Å². The third-order valence-corrected chi connectivity index (χ3v) is 4.92. The fourth-order valence-corrected chi connectivity index (χ4v) is 3.57. The van der Waals surface area contributed by atoms with Gasteiger partial charge in [-0.2, -0.15) is 0 Å². The molecule has 1 aliphatic carbocycles. The SMILES string of the molecule is O=C(COc1ccccc1[N+](=O)[O-])N1CCN(C2CCCC2)CC1. The molecule has 0 unspecified atom stereocenters. The molecular formula is C17H23N3O4. The van der Waals surface area contributed by atoms with Gasteiger partial charge in [0.25, 0.3) is 5.91 Å². The van der Waals surface area contributed by atoms with Crippen molar-refractivity contribution in [3.63, 3.8) is 0 Å². The van der Waals surface area contributed by atoms with Gasteiger partial charge in [-0.1, -0.05) is 25.0 Å². The van der Waals surface area contributed by atoms with E-state index in [0.717, 1.165) is 13.1 Å². The van der Waals surface area contributed by atoms with Crippen molar-refractivity contribution in [2.45, 2.75) is 31.7 Å². The third kappa shape index (κ3) is 3.84. The second-order valence-electron chi connectivity index (χ2n) is 6.37. The maximum atomic E-state index is 12.3. The summed E-state index contributed by atoms with van der Waals surface area (Å²) in [5.74, 6) is 0.0275. The van der Waals surface area contributed by atoms with Crippen LogP contribution >= 0.6 is 0 Å². The summed E-state index contributed by atoms with van der Waals surface area (Å²) in [5.41, 5.74) is -0.114. The number of rotatable bonds is 5. The molecule has 1 aromatic rings. The van der Waals surface area contributed by atoms with Crippen LogP contribution in [0.5, 0.6) is 5.75 Å². The van der Waals surface area contributed by atoms with Gasteiger partial charge in [-0.05, 0) is 18.9 Å². The molecule has 1 saturated carbocycles. The molecule has 0 radical (unpaired) electrons. The van der Waals surface area contributed by atoms with E-state index in [0.29, 0.717) is 19.1 Å². The summed E-state index contributed by atoms with van der Waals surface area (Å²) in [4.78, 5) is 27.0. The first-order valence-electron chi connectivity index (χ1n) is 8.53. The zero-order chi connectivity index (χ0) is 16.9. The van der Waals surface area contributed by atoms with Crippen molar-refractivity contribution < 1.29 is 14.5 Å². The summed E-state index contributed by atoms with van der Waals surface area (Å²) < 4.78 is 5.39. The minimum Gasteiger partial charge on any atom is -0.477 e. The number of piperazine rings is 1. The lowest BCUT2D eigenvalue weighted by Crippen LogP contribution is -2.52.